The number of anilines is 1. The molecule has 102 valence electrons. The Bertz CT molecular complexity index is 570. The van der Waals surface area contributed by atoms with Crippen LogP contribution in [-0.2, 0) is 12.0 Å². The van der Waals surface area contributed by atoms with Crippen LogP contribution in [0.25, 0.3) is 0 Å². The molecule has 0 bridgehead atoms. The molecular weight excluding hydrogens is 264 g/mol. The summed E-state index contributed by atoms with van der Waals surface area (Å²) in [5.41, 5.74) is 0.318. The van der Waals surface area contributed by atoms with E-state index in [4.69, 9.17) is 0 Å². The van der Waals surface area contributed by atoms with Crippen molar-refractivity contribution in [2.45, 2.75) is 32.7 Å². The summed E-state index contributed by atoms with van der Waals surface area (Å²) in [5.74, 6) is -1.65. The van der Waals surface area contributed by atoms with E-state index in [9.17, 15) is 8.78 Å². The van der Waals surface area contributed by atoms with Crippen molar-refractivity contribution in [1.82, 2.24) is 0 Å². The molecule has 0 spiro atoms. The van der Waals surface area contributed by atoms with E-state index < -0.39 is 11.6 Å². The summed E-state index contributed by atoms with van der Waals surface area (Å²) in [7, 11) is 0. The lowest BCUT2D eigenvalue weighted by molar-refractivity contribution is 0.511. The normalized spacial score (nSPS) is 11.6. The Hall–Kier alpha value is -1.42. The van der Waals surface area contributed by atoms with Crippen LogP contribution in [0.1, 0.15) is 30.5 Å². The van der Waals surface area contributed by atoms with Crippen LogP contribution in [0.5, 0.6) is 0 Å². The van der Waals surface area contributed by atoms with Gasteiger partial charge < -0.3 is 5.32 Å². The third kappa shape index (κ3) is 3.32. The van der Waals surface area contributed by atoms with Crippen molar-refractivity contribution in [3.8, 4) is 0 Å². The molecule has 0 atom stereocenters. The second-order valence-electron chi connectivity index (χ2n) is 5.47. The largest absolute Gasteiger partial charge is 0.378 e. The maximum atomic E-state index is 13.5. The fourth-order valence-corrected chi connectivity index (χ4v) is 2.70. The van der Waals surface area contributed by atoms with Crippen LogP contribution in [0.3, 0.4) is 0 Å². The number of nitrogens with one attached hydrogen (secondary N) is 1. The van der Waals surface area contributed by atoms with Gasteiger partial charge in [0, 0.05) is 16.3 Å². The molecular formula is C15H17F2NS. The molecule has 19 heavy (non-hydrogen) atoms. The topological polar surface area (TPSA) is 12.0 Å². The Balaban J connectivity index is 2.07. The molecule has 1 nitrogen and oxygen atoms in total. The van der Waals surface area contributed by atoms with Crippen molar-refractivity contribution < 1.29 is 8.78 Å². The Morgan fingerprint density at radius 1 is 1.11 bits per heavy atom. The quantitative estimate of drug-likeness (QED) is 0.840. The van der Waals surface area contributed by atoms with Gasteiger partial charge in [-0.3, -0.25) is 0 Å². The van der Waals surface area contributed by atoms with Crippen molar-refractivity contribution in [3.63, 3.8) is 0 Å². The third-order valence-electron chi connectivity index (χ3n) is 2.81. The highest BCUT2D eigenvalue weighted by atomic mass is 32.1. The fraction of sp³-hybridized carbons (Fsp3) is 0.333. The molecule has 2 aromatic rings. The zero-order chi connectivity index (χ0) is 14.0. The molecule has 0 aliphatic carbocycles. The molecule has 1 aromatic carbocycles. The van der Waals surface area contributed by atoms with Crippen LogP contribution >= 0.6 is 11.3 Å². The highest BCUT2D eigenvalue weighted by molar-refractivity contribution is 7.12. The molecule has 0 fully saturated rings. The van der Waals surface area contributed by atoms with Crippen molar-refractivity contribution >= 4 is 17.0 Å². The van der Waals surface area contributed by atoms with E-state index in [-0.39, 0.29) is 11.1 Å². The number of hydrogen-bond acceptors (Lipinski definition) is 2. The molecule has 0 aliphatic rings. The third-order valence-corrected chi connectivity index (χ3v) is 4.32. The highest BCUT2D eigenvalue weighted by Gasteiger charge is 2.16. The van der Waals surface area contributed by atoms with Gasteiger partial charge in [-0.25, -0.2) is 8.78 Å². The Kier molecular flexibility index (Phi) is 3.90. The van der Waals surface area contributed by atoms with Crippen molar-refractivity contribution in [2.24, 2.45) is 0 Å². The molecule has 0 saturated heterocycles. The average molecular weight is 281 g/mol. The smallest absolute Gasteiger partial charge is 0.181 e. The van der Waals surface area contributed by atoms with Gasteiger partial charge in [-0.15, -0.1) is 11.3 Å². The van der Waals surface area contributed by atoms with Crippen LogP contribution in [0.4, 0.5) is 14.5 Å². The lowest BCUT2D eigenvalue weighted by Crippen LogP contribution is -2.07. The van der Waals surface area contributed by atoms with Crippen LogP contribution in [0.2, 0.25) is 0 Å². The van der Waals surface area contributed by atoms with Gasteiger partial charge in [0.15, 0.2) is 11.6 Å². The van der Waals surface area contributed by atoms with Gasteiger partial charge in [0.05, 0.1) is 5.69 Å². The summed E-state index contributed by atoms with van der Waals surface area (Å²) in [4.78, 5) is 2.39. The maximum Gasteiger partial charge on any atom is 0.181 e. The van der Waals surface area contributed by atoms with E-state index in [2.05, 4.69) is 32.2 Å². The molecule has 0 unspecified atom stereocenters. The average Bonchev–Trinajstić information content (AvgIpc) is 2.79. The molecule has 0 amide bonds. The van der Waals surface area contributed by atoms with Gasteiger partial charge in [-0.1, -0.05) is 26.8 Å². The van der Waals surface area contributed by atoms with Crippen molar-refractivity contribution in [3.05, 3.63) is 51.7 Å². The summed E-state index contributed by atoms with van der Waals surface area (Å²) in [6.45, 7) is 6.97. The van der Waals surface area contributed by atoms with Gasteiger partial charge in [0.25, 0.3) is 0 Å². The lowest BCUT2D eigenvalue weighted by Gasteiger charge is -2.15. The van der Waals surface area contributed by atoms with Gasteiger partial charge in [-0.2, -0.15) is 0 Å². The molecule has 1 heterocycles. The van der Waals surface area contributed by atoms with E-state index in [1.165, 1.54) is 17.0 Å². The van der Waals surface area contributed by atoms with E-state index in [0.717, 1.165) is 10.9 Å². The first kappa shape index (κ1) is 14.0. The monoisotopic (exact) mass is 281 g/mol. The zero-order valence-electron chi connectivity index (χ0n) is 11.3. The van der Waals surface area contributed by atoms with E-state index in [0.29, 0.717) is 6.54 Å². The van der Waals surface area contributed by atoms with Gasteiger partial charge in [0.2, 0.25) is 0 Å². The summed E-state index contributed by atoms with van der Waals surface area (Å²) in [5, 5.41) is 2.93. The fourth-order valence-electron chi connectivity index (χ4n) is 1.70. The van der Waals surface area contributed by atoms with Gasteiger partial charge in [0.1, 0.15) is 0 Å². The van der Waals surface area contributed by atoms with E-state index in [1.807, 2.05) is 6.07 Å². The molecule has 1 N–H and O–H groups in total. The minimum absolute atomic E-state index is 0.118. The van der Waals surface area contributed by atoms with Crippen molar-refractivity contribution in [2.75, 3.05) is 5.32 Å². The second kappa shape index (κ2) is 5.29. The molecule has 4 heteroatoms. The maximum absolute atomic E-state index is 13.5. The van der Waals surface area contributed by atoms with Crippen molar-refractivity contribution in [1.29, 1.82) is 0 Å². The van der Waals surface area contributed by atoms with Crippen LogP contribution < -0.4 is 5.32 Å². The predicted octanol–water partition coefficient (Wildman–Crippen LogP) is 4.94. The minimum atomic E-state index is -0.827. The minimum Gasteiger partial charge on any atom is -0.378 e. The molecule has 0 radical (unpaired) electrons. The second-order valence-corrected chi connectivity index (χ2v) is 6.64. The van der Waals surface area contributed by atoms with Crippen LogP contribution in [0, 0.1) is 11.6 Å². The Labute approximate surface area is 116 Å². The SMILES string of the molecule is CC(C)(C)c1ccc(CNc2cccc(F)c2F)s1. The number of benzene rings is 1. The summed E-state index contributed by atoms with van der Waals surface area (Å²) in [6, 6.07) is 8.26. The molecule has 0 saturated carbocycles. The van der Waals surface area contributed by atoms with Crippen LogP contribution in [-0.4, -0.2) is 0 Å². The molecule has 2 rings (SSSR count). The number of rotatable bonds is 3. The zero-order valence-corrected chi connectivity index (χ0v) is 12.1. The van der Waals surface area contributed by atoms with Crippen LogP contribution in [0.15, 0.2) is 30.3 Å². The van der Waals surface area contributed by atoms with Gasteiger partial charge in [-0.05, 0) is 29.7 Å². The predicted molar refractivity (Wildman–Crippen MR) is 76.7 cm³/mol. The summed E-state index contributed by atoms with van der Waals surface area (Å²) >= 11 is 1.69. The van der Waals surface area contributed by atoms with E-state index >= 15 is 0 Å². The molecule has 0 aliphatic heterocycles. The number of thiophene rings is 1. The first-order valence-electron chi connectivity index (χ1n) is 6.15. The standard InChI is InChI=1S/C15H17F2NS/c1-15(2,3)13-8-7-10(19-13)9-18-12-6-4-5-11(16)14(12)17/h4-8,18H,9H2,1-3H3. The van der Waals surface area contributed by atoms with Gasteiger partial charge >= 0.3 is 0 Å². The Morgan fingerprint density at radius 2 is 1.84 bits per heavy atom. The highest BCUT2D eigenvalue weighted by Crippen LogP contribution is 2.30. The number of halogens is 2. The first-order chi connectivity index (χ1) is 8.88. The Morgan fingerprint density at radius 3 is 2.47 bits per heavy atom. The summed E-state index contributed by atoms with van der Waals surface area (Å²) in [6.07, 6.45) is 0. The number of hydrogen-bond donors (Lipinski definition) is 1. The van der Waals surface area contributed by atoms with E-state index in [1.54, 1.807) is 11.3 Å². The first-order valence-corrected chi connectivity index (χ1v) is 6.96. The summed E-state index contributed by atoms with van der Waals surface area (Å²) < 4.78 is 26.5. The molecule has 1 aromatic heterocycles. The lowest BCUT2D eigenvalue weighted by atomic mass is 9.95.